The average molecular weight is 309 g/mol. The fraction of sp³-hybridized carbons (Fsp3) is 0.600. The number of nitrogens with one attached hydrogen (secondary N) is 1. The number of nitrogens with zero attached hydrogens (tertiary/aromatic N) is 2. The molecule has 6 heteroatoms. The zero-order valence-electron chi connectivity index (χ0n) is 12.8. The zero-order chi connectivity index (χ0) is 15.4. The van der Waals surface area contributed by atoms with Gasteiger partial charge in [0.05, 0.1) is 12.0 Å². The lowest BCUT2D eigenvalue weighted by molar-refractivity contribution is -0.129. The molecule has 0 spiro atoms. The third-order valence-electron chi connectivity index (χ3n) is 3.73. The molecule has 1 saturated heterocycles. The largest absolute Gasteiger partial charge is 0.348 e. The van der Waals surface area contributed by atoms with Gasteiger partial charge in [-0.1, -0.05) is 6.07 Å². The molecule has 1 aromatic heterocycles. The molecule has 5 nitrogen and oxygen atoms in total. The highest BCUT2D eigenvalue weighted by atomic mass is 32.1. The van der Waals surface area contributed by atoms with E-state index in [2.05, 4.69) is 5.32 Å². The number of amides is 2. The van der Waals surface area contributed by atoms with Crippen LogP contribution in [0.15, 0.2) is 17.5 Å². The summed E-state index contributed by atoms with van der Waals surface area (Å²) in [5, 5.41) is 5.01. The Morgan fingerprint density at radius 3 is 2.95 bits per heavy atom. The first-order valence-corrected chi connectivity index (χ1v) is 8.11. The van der Waals surface area contributed by atoms with Crippen molar-refractivity contribution in [1.29, 1.82) is 0 Å². The molecule has 1 aromatic rings. The summed E-state index contributed by atoms with van der Waals surface area (Å²) in [4.78, 5) is 29.2. The van der Waals surface area contributed by atoms with Crippen LogP contribution in [0.4, 0.5) is 0 Å². The minimum atomic E-state index is -0.220. The normalized spacial score (nSPS) is 20.1. The molecule has 1 fully saturated rings. The van der Waals surface area contributed by atoms with Crippen molar-refractivity contribution in [2.75, 3.05) is 33.7 Å². The van der Waals surface area contributed by atoms with E-state index in [1.807, 2.05) is 43.4 Å². The first-order chi connectivity index (χ1) is 9.97. The van der Waals surface area contributed by atoms with E-state index < -0.39 is 0 Å². The van der Waals surface area contributed by atoms with E-state index in [-0.39, 0.29) is 23.8 Å². The van der Waals surface area contributed by atoms with Crippen molar-refractivity contribution in [1.82, 2.24) is 15.1 Å². The van der Waals surface area contributed by atoms with Gasteiger partial charge in [0, 0.05) is 30.9 Å². The van der Waals surface area contributed by atoms with Crippen LogP contribution in [0.3, 0.4) is 0 Å². The lowest BCUT2D eigenvalue weighted by Crippen LogP contribution is -2.36. The van der Waals surface area contributed by atoms with E-state index in [0.717, 1.165) is 11.4 Å². The zero-order valence-corrected chi connectivity index (χ0v) is 13.7. The second kappa shape index (κ2) is 7.04. The Morgan fingerprint density at radius 2 is 2.33 bits per heavy atom. The second-order valence-corrected chi connectivity index (χ2v) is 6.77. The number of hydrogen-bond acceptors (Lipinski definition) is 4. The Hall–Kier alpha value is -1.40. The molecule has 1 aliphatic rings. The number of thiophene rings is 1. The summed E-state index contributed by atoms with van der Waals surface area (Å²) >= 11 is 1.63. The van der Waals surface area contributed by atoms with E-state index in [1.165, 1.54) is 0 Å². The van der Waals surface area contributed by atoms with E-state index in [4.69, 9.17) is 0 Å². The van der Waals surface area contributed by atoms with E-state index in [0.29, 0.717) is 19.5 Å². The van der Waals surface area contributed by atoms with Crippen LogP contribution in [0.2, 0.25) is 0 Å². The summed E-state index contributed by atoms with van der Waals surface area (Å²) in [6.45, 7) is 4.03. The highest BCUT2D eigenvalue weighted by molar-refractivity contribution is 7.10. The smallest absolute Gasteiger partial charge is 0.225 e. The molecule has 0 radical (unpaired) electrons. The summed E-state index contributed by atoms with van der Waals surface area (Å²) in [6, 6.07) is 3.99. The van der Waals surface area contributed by atoms with E-state index >= 15 is 0 Å². The van der Waals surface area contributed by atoms with Crippen LogP contribution in [-0.2, 0) is 9.59 Å². The predicted octanol–water partition coefficient (Wildman–Crippen LogP) is 1.34. The van der Waals surface area contributed by atoms with Crippen LogP contribution in [0.25, 0.3) is 0 Å². The van der Waals surface area contributed by atoms with Crippen molar-refractivity contribution in [3.8, 4) is 0 Å². The molecule has 2 heterocycles. The summed E-state index contributed by atoms with van der Waals surface area (Å²) in [5.74, 6) is -0.153. The van der Waals surface area contributed by atoms with Gasteiger partial charge in [-0.15, -0.1) is 11.3 Å². The quantitative estimate of drug-likeness (QED) is 0.863. The molecule has 0 aliphatic carbocycles. The highest BCUT2D eigenvalue weighted by Crippen LogP contribution is 2.22. The van der Waals surface area contributed by atoms with Gasteiger partial charge >= 0.3 is 0 Å². The first-order valence-electron chi connectivity index (χ1n) is 7.23. The van der Waals surface area contributed by atoms with Gasteiger partial charge in [0.15, 0.2) is 0 Å². The molecule has 2 atom stereocenters. The lowest BCUT2D eigenvalue weighted by Gasteiger charge is -2.19. The van der Waals surface area contributed by atoms with Crippen LogP contribution in [-0.4, -0.2) is 55.3 Å². The maximum absolute atomic E-state index is 12.3. The molecule has 2 amide bonds. The van der Waals surface area contributed by atoms with E-state index in [9.17, 15) is 9.59 Å². The van der Waals surface area contributed by atoms with Gasteiger partial charge in [0.1, 0.15) is 0 Å². The molecule has 0 unspecified atom stereocenters. The van der Waals surface area contributed by atoms with Crippen LogP contribution in [0.5, 0.6) is 0 Å². The summed E-state index contributed by atoms with van der Waals surface area (Å²) in [7, 11) is 3.96. The Balaban J connectivity index is 1.85. The number of hydrogen-bond donors (Lipinski definition) is 1. The Kier molecular flexibility index (Phi) is 5.36. The topological polar surface area (TPSA) is 52.7 Å². The van der Waals surface area contributed by atoms with Gasteiger partial charge in [0.2, 0.25) is 11.8 Å². The van der Waals surface area contributed by atoms with E-state index in [1.54, 1.807) is 16.2 Å². The third kappa shape index (κ3) is 4.28. The highest BCUT2D eigenvalue weighted by Gasteiger charge is 2.34. The van der Waals surface area contributed by atoms with Crippen LogP contribution in [0.1, 0.15) is 24.3 Å². The summed E-state index contributed by atoms with van der Waals surface area (Å²) in [5.41, 5.74) is 0. The molecule has 0 bridgehead atoms. The Bertz CT molecular complexity index is 487. The van der Waals surface area contributed by atoms with Crippen molar-refractivity contribution < 1.29 is 9.59 Å². The molecule has 21 heavy (non-hydrogen) atoms. The molecule has 2 rings (SSSR count). The van der Waals surface area contributed by atoms with Crippen LogP contribution < -0.4 is 5.32 Å². The molecular formula is C15H23N3O2S. The fourth-order valence-electron chi connectivity index (χ4n) is 2.42. The molecule has 1 N–H and O–H groups in total. The van der Waals surface area contributed by atoms with Crippen LogP contribution >= 0.6 is 11.3 Å². The number of rotatable bonds is 6. The van der Waals surface area contributed by atoms with Gasteiger partial charge in [-0.25, -0.2) is 0 Å². The number of carbonyl (C=O) groups is 2. The SMILES string of the molecule is C[C@@H](NC(=O)[C@H]1CC(=O)N(CCN(C)C)C1)c1cccs1. The second-order valence-electron chi connectivity index (χ2n) is 5.79. The van der Waals surface area contributed by atoms with Gasteiger partial charge in [-0.2, -0.15) is 0 Å². The van der Waals surface area contributed by atoms with Gasteiger partial charge < -0.3 is 15.1 Å². The monoisotopic (exact) mass is 309 g/mol. The fourth-order valence-corrected chi connectivity index (χ4v) is 3.16. The van der Waals surface area contributed by atoms with Gasteiger partial charge in [-0.05, 0) is 32.5 Å². The number of likely N-dealkylation sites (tertiary alicyclic amines) is 1. The molecule has 0 saturated carbocycles. The standard InChI is InChI=1S/C15H23N3O2S/c1-11(13-5-4-8-21-13)16-15(20)12-9-14(19)18(10-12)7-6-17(2)3/h4-5,8,11-12H,6-7,9-10H2,1-3H3,(H,16,20)/t11-,12+/m1/s1. The first kappa shape index (κ1) is 16.0. The predicted molar refractivity (Wildman–Crippen MR) is 84.1 cm³/mol. The van der Waals surface area contributed by atoms with Crippen molar-refractivity contribution >= 4 is 23.2 Å². The lowest BCUT2D eigenvalue weighted by atomic mass is 10.1. The van der Waals surface area contributed by atoms with Gasteiger partial charge in [-0.3, -0.25) is 9.59 Å². The Labute approximate surface area is 129 Å². The molecule has 1 aliphatic heterocycles. The average Bonchev–Trinajstić information content (AvgIpc) is 3.05. The maximum Gasteiger partial charge on any atom is 0.225 e. The van der Waals surface area contributed by atoms with Gasteiger partial charge in [0.25, 0.3) is 0 Å². The van der Waals surface area contributed by atoms with Crippen molar-refractivity contribution in [3.63, 3.8) is 0 Å². The number of carbonyl (C=O) groups excluding carboxylic acids is 2. The molecule has 0 aromatic carbocycles. The van der Waals surface area contributed by atoms with Crippen molar-refractivity contribution in [2.24, 2.45) is 5.92 Å². The number of likely N-dealkylation sites (N-methyl/N-ethyl adjacent to an activating group) is 1. The summed E-state index contributed by atoms with van der Waals surface area (Å²) < 4.78 is 0. The minimum absolute atomic E-state index is 0.00317. The molecule has 116 valence electrons. The Morgan fingerprint density at radius 1 is 1.57 bits per heavy atom. The van der Waals surface area contributed by atoms with Crippen molar-refractivity contribution in [3.05, 3.63) is 22.4 Å². The van der Waals surface area contributed by atoms with Crippen LogP contribution in [0, 0.1) is 5.92 Å². The molecular weight excluding hydrogens is 286 g/mol. The maximum atomic E-state index is 12.3. The summed E-state index contributed by atoms with van der Waals surface area (Å²) in [6.07, 6.45) is 0.330. The van der Waals surface area contributed by atoms with Crippen molar-refractivity contribution in [2.45, 2.75) is 19.4 Å². The minimum Gasteiger partial charge on any atom is -0.348 e. The third-order valence-corrected chi connectivity index (χ3v) is 4.79.